The molecule has 1 unspecified atom stereocenters. The fourth-order valence-corrected chi connectivity index (χ4v) is 2.21. The smallest absolute Gasteiger partial charge is 0.220 e. The molecule has 0 aromatic carbocycles. The molecule has 5 heteroatoms. The molecule has 3 N–H and O–H groups in total. The van der Waals surface area contributed by atoms with Crippen LogP contribution in [0.4, 0.5) is 0 Å². The molecule has 19 heavy (non-hydrogen) atoms. The molecular formula is C14H27N3O2. The van der Waals surface area contributed by atoms with E-state index in [1.54, 1.807) is 0 Å². The monoisotopic (exact) mass is 269 g/mol. The van der Waals surface area contributed by atoms with E-state index in [0.29, 0.717) is 25.2 Å². The zero-order valence-electron chi connectivity index (χ0n) is 12.0. The van der Waals surface area contributed by atoms with Gasteiger partial charge in [0.2, 0.25) is 11.8 Å². The lowest BCUT2D eigenvalue weighted by atomic mass is 10.00. The Morgan fingerprint density at radius 2 is 1.95 bits per heavy atom. The summed E-state index contributed by atoms with van der Waals surface area (Å²) in [5.41, 5.74) is 0. The van der Waals surface area contributed by atoms with Crippen molar-refractivity contribution in [1.82, 2.24) is 16.0 Å². The number of piperidine rings is 1. The summed E-state index contributed by atoms with van der Waals surface area (Å²) in [4.78, 5) is 23.0. The largest absolute Gasteiger partial charge is 0.356 e. The number of nitrogens with one attached hydrogen (secondary N) is 3. The predicted molar refractivity (Wildman–Crippen MR) is 75.8 cm³/mol. The maximum atomic E-state index is 11.6. The highest BCUT2D eigenvalue weighted by molar-refractivity contribution is 5.78. The highest BCUT2D eigenvalue weighted by Gasteiger charge is 2.13. The van der Waals surface area contributed by atoms with Gasteiger partial charge < -0.3 is 16.0 Å². The maximum absolute atomic E-state index is 11.6. The van der Waals surface area contributed by atoms with E-state index >= 15 is 0 Å². The van der Waals surface area contributed by atoms with E-state index in [1.807, 2.05) is 6.92 Å². The Morgan fingerprint density at radius 1 is 1.21 bits per heavy atom. The third-order valence-electron chi connectivity index (χ3n) is 3.37. The highest BCUT2D eigenvalue weighted by atomic mass is 16.2. The predicted octanol–water partition coefficient (Wildman–Crippen LogP) is 0.799. The summed E-state index contributed by atoms with van der Waals surface area (Å²) < 4.78 is 0. The number of carbonyl (C=O) groups excluding carboxylic acids is 2. The number of rotatable bonds is 8. The summed E-state index contributed by atoms with van der Waals surface area (Å²) in [5, 5.41) is 9.10. The molecule has 1 fully saturated rings. The van der Waals surface area contributed by atoms with Gasteiger partial charge in [-0.25, -0.2) is 0 Å². The minimum Gasteiger partial charge on any atom is -0.356 e. The molecule has 1 rings (SSSR count). The van der Waals surface area contributed by atoms with Crippen molar-refractivity contribution in [3.63, 3.8) is 0 Å². The maximum Gasteiger partial charge on any atom is 0.220 e. The normalized spacial score (nSPS) is 18.9. The van der Waals surface area contributed by atoms with Gasteiger partial charge >= 0.3 is 0 Å². The van der Waals surface area contributed by atoms with Gasteiger partial charge in [0.05, 0.1) is 0 Å². The fraction of sp³-hybridized carbons (Fsp3) is 0.857. The van der Waals surface area contributed by atoms with Crippen molar-refractivity contribution < 1.29 is 9.59 Å². The van der Waals surface area contributed by atoms with E-state index in [2.05, 4.69) is 16.0 Å². The zero-order valence-corrected chi connectivity index (χ0v) is 12.0. The first-order valence-electron chi connectivity index (χ1n) is 7.46. The van der Waals surface area contributed by atoms with E-state index in [-0.39, 0.29) is 11.8 Å². The molecule has 2 amide bonds. The van der Waals surface area contributed by atoms with Crippen LogP contribution in [-0.2, 0) is 9.59 Å². The van der Waals surface area contributed by atoms with E-state index in [9.17, 15) is 9.59 Å². The van der Waals surface area contributed by atoms with Crippen LogP contribution in [-0.4, -0.2) is 38.0 Å². The van der Waals surface area contributed by atoms with Crippen LogP contribution in [0, 0.1) is 5.92 Å². The standard InChI is InChI=1S/C14H27N3O2/c1-2-8-16-13(18)6-3-7-14(19)17-11-12-5-4-9-15-10-12/h12,15H,2-11H2,1H3,(H,16,18)(H,17,19). The van der Waals surface area contributed by atoms with Crippen LogP contribution in [0.25, 0.3) is 0 Å². The first-order valence-corrected chi connectivity index (χ1v) is 7.46. The van der Waals surface area contributed by atoms with E-state index in [4.69, 9.17) is 0 Å². The summed E-state index contributed by atoms with van der Waals surface area (Å²) in [7, 11) is 0. The quantitative estimate of drug-likeness (QED) is 0.610. The lowest BCUT2D eigenvalue weighted by molar-refractivity contribution is -0.122. The molecule has 1 heterocycles. The van der Waals surface area contributed by atoms with E-state index in [0.717, 1.165) is 32.6 Å². The Bertz CT molecular complexity index is 276. The molecule has 0 saturated carbocycles. The average Bonchev–Trinajstić information content (AvgIpc) is 2.44. The van der Waals surface area contributed by atoms with Crippen molar-refractivity contribution in [1.29, 1.82) is 0 Å². The topological polar surface area (TPSA) is 70.2 Å². The van der Waals surface area contributed by atoms with Gasteiger partial charge in [-0.3, -0.25) is 9.59 Å². The van der Waals surface area contributed by atoms with Gasteiger partial charge in [-0.15, -0.1) is 0 Å². The molecular weight excluding hydrogens is 242 g/mol. The molecule has 1 aliphatic heterocycles. The molecule has 0 aliphatic carbocycles. The molecule has 110 valence electrons. The van der Waals surface area contributed by atoms with Crippen LogP contribution in [0.15, 0.2) is 0 Å². The molecule has 0 bridgehead atoms. The second kappa shape index (κ2) is 9.78. The Balaban J connectivity index is 1.99. The van der Waals surface area contributed by atoms with Crippen LogP contribution < -0.4 is 16.0 Å². The Kier molecular flexibility index (Phi) is 8.21. The summed E-state index contributed by atoms with van der Waals surface area (Å²) in [6.07, 6.45) is 4.84. The van der Waals surface area contributed by atoms with Crippen molar-refractivity contribution in [2.75, 3.05) is 26.2 Å². The molecule has 0 radical (unpaired) electrons. The molecule has 0 aromatic rings. The van der Waals surface area contributed by atoms with Gasteiger partial charge in [-0.1, -0.05) is 6.92 Å². The summed E-state index contributed by atoms with van der Waals surface area (Å²) in [5.74, 6) is 0.672. The average molecular weight is 269 g/mol. The van der Waals surface area contributed by atoms with Crippen LogP contribution in [0.2, 0.25) is 0 Å². The molecule has 5 nitrogen and oxygen atoms in total. The van der Waals surface area contributed by atoms with Crippen molar-refractivity contribution in [3.05, 3.63) is 0 Å². The first kappa shape index (κ1) is 16.0. The van der Waals surface area contributed by atoms with Crippen molar-refractivity contribution in [2.24, 2.45) is 5.92 Å². The van der Waals surface area contributed by atoms with Gasteiger partial charge in [-0.05, 0) is 44.7 Å². The third kappa shape index (κ3) is 7.82. The molecule has 0 aromatic heterocycles. The Labute approximate surface area is 115 Å². The molecule has 1 atom stereocenters. The van der Waals surface area contributed by atoms with Crippen molar-refractivity contribution >= 4 is 11.8 Å². The zero-order chi connectivity index (χ0) is 13.9. The molecule has 1 saturated heterocycles. The first-order chi connectivity index (χ1) is 9.22. The number of carbonyl (C=O) groups is 2. The SMILES string of the molecule is CCCNC(=O)CCCC(=O)NCC1CCCNC1. The van der Waals surface area contributed by atoms with E-state index in [1.165, 1.54) is 12.8 Å². The minimum atomic E-state index is 0.0473. The second-order valence-electron chi connectivity index (χ2n) is 5.22. The number of amides is 2. The summed E-state index contributed by atoms with van der Waals surface area (Å²) >= 11 is 0. The Hall–Kier alpha value is -1.10. The van der Waals surface area contributed by atoms with Crippen LogP contribution in [0.3, 0.4) is 0 Å². The molecule has 1 aliphatic rings. The van der Waals surface area contributed by atoms with Gasteiger partial charge in [-0.2, -0.15) is 0 Å². The second-order valence-corrected chi connectivity index (χ2v) is 5.22. The van der Waals surface area contributed by atoms with Crippen LogP contribution in [0.5, 0.6) is 0 Å². The highest BCUT2D eigenvalue weighted by Crippen LogP contribution is 2.08. The van der Waals surface area contributed by atoms with Crippen LogP contribution in [0.1, 0.15) is 45.4 Å². The van der Waals surface area contributed by atoms with Gasteiger partial charge in [0.1, 0.15) is 0 Å². The third-order valence-corrected chi connectivity index (χ3v) is 3.37. The molecule has 0 spiro atoms. The summed E-state index contributed by atoms with van der Waals surface area (Å²) in [6.45, 7) is 5.60. The Morgan fingerprint density at radius 3 is 2.58 bits per heavy atom. The fourth-order valence-electron chi connectivity index (χ4n) is 2.21. The van der Waals surface area contributed by atoms with Crippen LogP contribution >= 0.6 is 0 Å². The minimum absolute atomic E-state index is 0.0473. The van der Waals surface area contributed by atoms with Crippen molar-refractivity contribution in [3.8, 4) is 0 Å². The van der Waals surface area contributed by atoms with Gasteiger partial charge in [0.15, 0.2) is 0 Å². The lowest BCUT2D eigenvalue weighted by Crippen LogP contribution is -2.38. The summed E-state index contributed by atoms with van der Waals surface area (Å²) in [6, 6.07) is 0. The lowest BCUT2D eigenvalue weighted by Gasteiger charge is -2.22. The number of hydrogen-bond acceptors (Lipinski definition) is 3. The number of hydrogen-bond donors (Lipinski definition) is 3. The van der Waals surface area contributed by atoms with Gasteiger partial charge in [0.25, 0.3) is 0 Å². The van der Waals surface area contributed by atoms with E-state index < -0.39 is 0 Å². The van der Waals surface area contributed by atoms with Gasteiger partial charge in [0, 0.05) is 25.9 Å². The van der Waals surface area contributed by atoms with Crippen molar-refractivity contribution in [2.45, 2.75) is 45.4 Å².